The minimum Gasteiger partial charge on any atom is -0.369 e. The third-order valence-electron chi connectivity index (χ3n) is 4.73. The summed E-state index contributed by atoms with van der Waals surface area (Å²) in [6, 6.07) is 7.96. The van der Waals surface area contributed by atoms with Gasteiger partial charge in [-0.1, -0.05) is 51.4 Å². The van der Waals surface area contributed by atoms with Crippen molar-refractivity contribution in [3.8, 4) is 0 Å². The molecule has 0 N–H and O–H groups in total. The summed E-state index contributed by atoms with van der Waals surface area (Å²) < 4.78 is 5.54. The average Bonchev–Trinajstić information content (AvgIpc) is 2.56. The van der Waals surface area contributed by atoms with E-state index in [9.17, 15) is 4.79 Å². The van der Waals surface area contributed by atoms with Gasteiger partial charge in [0.05, 0.1) is 12.6 Å². The van der Waals surface area contributed by atoms with Gasteiger partial charge in [-0.05, 0) is 30.0 Å². The molecule has 1 aromatic rings. The molecule has 3 nitrogen and oxygen atoms in total. The third-order valence-corrected chi connectivity index (χ3v) is 6.63. The SMILES string of the molecule is CCC(CSC(C)C(C)C)N1C(=O)COCC1c1ccc(Cl)cc1. The summed E-state index contributed by atoms with van der Waals surface area (Å²) in [5.74, 6) is 1.69. The number of benzene rings is 1. The summed E-state index contributed by atoms with van der Waals surface area (Å²) in [6.07, 6.45) is 0.952. The van der Waals surface area contributed by atoms with Crippen molar-refractivity contribution in [1.82, 2.24) is 4.90 Å². The van der Waals surface area contributed by atoms with E-state index in [1.807, 2.05) is 40.9 Å². The predicted octanol–water partition coefficient (Wildman–Crippen LogP) is 4.80. The van der Waals surface area contributed by atoms with Crippen LogP contribution in [0.25, 0.3) is 0 Å². The van der Waals surface area contributed by atoms with Gasteiger partial charge in [0.2, 0.25) is 5.91 Å². The van der Waals surface area contributed by atoms with Crippen LogP contribution in [0, 0.1) is 5.92 Å². The molecule has 1 heterocycles. The zero-order chi connectivity index (χ0) is 17.7. The van der Waals surface area contributed by atoms with E-state index in [1.165, 1.54) is 0 Å². The molecule has 0 bridgehead atoms. The van der Waals surface area contributed by atoms with Crippen molar-refractivity contribution in [3.63, 3.8) is 0 Å². The van der Waals surface area contributed by atoms with Crippen LogP contribution in [0.5, 0.6) is 0 Å². The minimum atomic E-state index is -0.0246. The summed E-state index contributed by atoms with van der Waals surface area (Å²) in [7, 11) is 0. The maximum absolute atomic E-state index is 12.6. The molecule has 3 unspecified atom stereocenters. The van der Waals surface area contributed by atoms with E-state index >= 15 is 0 Å². The van der Waals surface area contributed by atoms with Crippen molar-refractivity contribution in [2.75, 3.05) is 19.0 Å². The fourth-order valence-corrected chi connectivity index (χ4v) is 4.27. The monoisotopic (exact) mass is 369 g/mol. The molecule has 2 rings (SSSR count). The van der Waals surface area contributed by atoms with Crippen LogP contribution in [0.4, 0.5) is 0 Å². The highest BCUT2D eigenvalue weighted by Gasteiger charge is 2.34. The van der Waals surface area contributed by atoms with Gasteiger partial charge in [0.1, 0.15) is 6.61 Å². The van der Waals surface area contributed by atoms with Crippen LogP contribution >= 0.6 is 23.4 Å². The number of amides is 1. The van der Waals surface area contributed by atoms with Gasteiger partial charge < -0.3 is 9.64 Å². The molecule has 1 aliphatic rings. The number of morpholine rings is 1. The second kappa shape index (κ2) is 9.12. The molecule has 0 saturated carbocycles. The highest BCUT2D eigenvalue weighted by Crippen LogP contribution is 2.31. The van der Waals surface area contributed by atoms with Crippen molar-refractivity contribution in [1.29, 1.82) is 0 Å². The molecule has 1 aliphatic heterocycles. The van der Waals surface area contributed by atoms with Crippen LogP contribution < -0.4 is 0 Å². The molecule has 134 valence electrons. The quantitative estimate of drug-likeness (QED) is 0.691. The number of hydrogen-bond donors (Lipinski definition) is 0. The Balaban J connectivity index is 2.16. The lowest BCUT2D eigenvalue weighted by molar-refractivity contribution is -0.151. The van der Waals surface area contributed by atoms with Gasteiger partial charge in [0.15, 0.2) is 0 Å². The largest absolute Gasteiger partial charge is 0.369 e. The Kier molecular flexibility index (Phi) is 7.45. The van der Waals surface area contributed by atoms with Gasteiger partial charge in [-0.3, -0.25) is 4.79 Å². The molecule has 0 aromatic heterocycles. The maximum atomic E-state index is 12.6. The fourth-order valence-electron chi connectivity index (χ4n) is 2.84. The lowest BCUT2D eigenvalue weighted by atomic mass is 10.0. The van der Waals surface area contributed by atoms with Gasteiger partial charge in [-0.15, -0.1) is 0 Å². The van der Waals surface area contributed by atoms with Crippen molar-refractivity contribution < 1.29 is 9.53 Å². The number of ether oxygens (including phenoxy) is 1. The molecule has 1 fully saturated rings. The van der Waals surface area contributed by atoms with Gasteiger partial charge in [0.25, 0.3) is 0 Å². The zero-order valence-corrected chi connectivity index (χ0v) is 16.6. The molecular formula is C19H28ClNO2S. The molecule has 0 aliphatic carbocycles. The summed E-state index contributed by atoms with van der Waals surface area (Å²) in [6.45, 7) is 9.65. The molecule has 1 aromatic carbocycles. The molecule has 1 amide bonds. The lowest BCUT2D eigenvalue weighted by Gasteiger charge is -2.41. The Morgan fingerprint density at radius 2 is 1.96 bits per heavy atom. The Morgan fingerprint density at radius 3 is 2.54 bits per heavy atom. The van der Waals surface area contributed by atoms with Crippen molar-refractivity contribution in [2.45, 2.75) is 51.4 Å². The molecule has 3 atom stereocenters. The third kappa shape index (κ3) is 4.90. The van der Waals surface area contributed by atoms with Gasteiger partial charge in [-0.25, -0.2) is 0 Å². The van der Waals surface area contributed by atoms with E-state index in [1.54, 1.807) is 0 Å². The second-order valence-electron chi connectivity index (χ2n) is 6.73. The predicted molar refractivity (Wildman–Crippen MR) is 103 cm³/mol. The van der Waals surface area contributed by atoms with E-state index in [2.05, 4.69) is 27.7 Å². The Labute approximate surface area is 155 Å². The normalized spacial score (nSPS) is 21.2. The van der Waals surface area contributed by atoms with Crippen molar-refractivity contribution >= 4 is 29.3 Å². The summed E-state index contributed by atoms with van der Waals surface area (Å²) in [5, 5.41) is 1.30. The topological polar surface area (TPSA) is 29.5 Å². The second-order valence-corrected chi connectivity index (χ2v) is 8.57. The zero-order valence-electron chi connectivity index (χ0n) is 15.0. The number of hydrogen-bond acceptors (Lipinski definition) is 3. The van der Waals surface area contributed by atoms with Crippen LogP contribution in [0.15, 0.2) is 24.3 Å². The smallest absolute Gasteiger partial charge is 0.249 e. The van der Waals surface area contributed by atoms with Crippen LogP contribution in [-0.2, 0) is 9.53 Å². The molecular weight excluding hydrogens is 342 g/mol. The number of carbonyl (C=O) groups is 1. The standard InChI is InChI=1S/C19H28ClNO2S/c1-5-17(12-24-14(4)13(2)3)21-18(10-23-11-19(21)22)15-6-8-16(20)9-7-15/h6-9,13-14,17-18H,5,10-12H2,1-4H3. The maximum Gasteiger partial charge on any atom is 0.249 e. The van der Waals surface area contributed by atoms with Crippen LogP contribution in [0.1, 0.15) is 45.7 Å². The van der Waals surface area contributed by atoms with E-state index in [0.717, 1.165) is 17.7 Å². The Morgan fingerprint density at radius 1 is 1.29 bits per heavy atom. The van der Waals surface area contributed by atoms with Gasteiger partial charge >= 0.3 is 0 Å². The molecule has 0 radical (unpaired) electrons. The Bertz CT molecular complexity index is 535. The first-order valence-corrected chi connectivity index (χ1v) is 10.1. The minimum absolute atomic E-state index is 0.0246. The highest BCUT2D eigenvalue weighted by molar-refractivity contribution is 7.99. The van der Waals surface area contributed by atoms with Crippen molar-refractivity contribution in [3.05, 3.63) is 34.9 Å². The van der Waals surface area contributed by atoms with E-state index in [4.69, 9.17) is 16.3 Å². The van der Waals surface area contributed by atoms with Crippen LogP contribution in [0.3, 0.4) is 0 Å². The van der Waals surface area contributed by atoms with Crippen LogP contribution in [0.2, 0.25) is 5.02 Å². The summed E-state index contributed by atoms with van der Waals surface area (Å²) in [4.78, 5) is 14.6. The first-order valence-electron chi connectivity index (χ1n) is 8.70. The summed E-state index contributed by atoms with van der Waals surface area (Å²) >= 11 is 7.96. The average molecular weight is 370 g/mol. The summed E-state index contributed by atoms with van der Waals surface area (Å²) in [5.41, 5.74) is 1.09. The van der Waals surface area contributed by atoms with Crippen molar-refractivity contribution in [2.24, 2.45) is 5.92 Å². The van der Waals surface area contributed by atoms with E-state index in [-0.39, 0.29) is 24.6 Å². The first kappa shape index (κ1) is 19.6. The number of halogens is 1. The lowest BCUT2D eigenvalue weighted by Crippen LogP contribution is -2.50. The Hall–Kier alpha value is -0.710. The number of rotatable bonds is 7. The molecule has 24 heavy (non-hydrogen) atoms. The molecule has 1 saturated heterocycles. The first-order chi connectivity index (χ1) is 11.4. The number of nitrogens with zero attached hydrogens (tertiary/aromatic N) is 1. The number of carbonyl (C=O) groups excluding carboxylic acids is 1. The van der Waals surface area contributed by atoms with E-state index < -0.39 is 0 Å². The molecule has 0 spiro atoms. The fraction of sp³-hybridized carbons (Fsp3) is 0.632. The van der Waals surface area contributed by atoms with Gasteiger partial charge in [-0.2, -0.15) is 11.8 Å². The number of thioether (sulfide) groups is 1. The molecule has 5 heteroatoms. The highest BCUT2D eigenvalue weighted by atomic mass is 35.5. The van der Waals surface area contributed by atoms with Gasteiger partial charge in [0, 0.05) is 22.1 Å². The van der Waals surface area contributed by atoms with Crippen LogP contribution in [-0.4, -0.2) is 41.1 Å². The van der Waals surface area contributed by atoms with E-state index in [0.29, 0.717) is 22.8 Å².